The van der Waals surface area contributed by atoms with Gasteiger partial charge in [0.1, 0.15) is 5.75 Å². The highest BCUT2D eigenvalue weighted by atomic mass is 16.5. The molecule has 2 aliphatic carbocycles. The van der Waals surface area contributed by atoms with Crippen molar-refractivity contribution in [3.8, 4) is 11.6 Å². The number of amides is 1. The molecule has 1 aromatic carbocycles. The van der Waals surface area contributed by atoms with Gasteiger partial charge < -0.3 is 15.8 Å². The third-order valence-corrected chi connectivity index (χ3v) is 5.53. The standard InChI is InChI=1S/C20H24N4O2/c21-16-9-13-3-1-4-14(10-16)19(13)24-20(25)15-5-2-6-17(11-15)26-18-12-22-7-8-23-18/h2,5-8,11-14,16,19H,1,3-4,9-10,21H2,(H,24,25). The first kappa shape index (κ1) is 17.0. The molecule has 2 saturated carbocycles. The fraction of sp³-hybridized carbons (Fsp3) is 0.450. The van der Waals surface area contributed by atoms with Gasteiger partial charge in [-0.1, -0.05) is 12.5 Å². The number of rotatable bonds is 4. The number of nitrogens with two attached hydrogens (primary N) is 1. The van der Waals surface area contributed by atoms with Gasteiger partial charge in [-0.15, -0.1) is 0 Å². The zero-order valence-electron chi connectivity index (χ0n) is 14.7. The summed E-state index contributed by atoms with van der Waals surface area (Å²) in [5, 5.41) is 3.27. The summed E-state index contributed by atoms with van der Waals surface area (Å²) in [7, 11) is 0. The fourth-order valence-electron chi connectivity index (χ4n) is 4.42. The summed E-state index contributed by atoms with van der Waals surface area (Å²) in [5.41, 5.74) is 6.78. The van der Waals surface area contributed by atoms with Crippen molar-refractivity contribution in [2.45, 2.75) is 44.2 Å². The maximum absolute atomic E-state index is 12.8. The minimum atomic E-state index is -0.0491. The van der Waals surface area contributed by atoms with Crippen molar-refractivity contribution in [1.82, 2.24) is 15.3 Å². The predicted octanol–water partition coefficient (Wildman–Crippen LogP) is 2.90. The number of carbonyl (C=O) groups is 1. The van der Waals surface area contributed by atoms with Crippen LogP contribution in [-0.4, -0.2) is 28.0 Å². The highest BCUT2D eigenvalue weighted by Gasteiger charge is 2.39. The van der Waals surface area contributed by atoms with E-state index in [9.17, 15) is 4.79 Å². The molecule has 1 amide bonds. The summed E-state index contributed by atoms with van der Waals surface area (Å²) in [6.07, 6.45) is 10.3. The van der Waals surface area contributed by atoms with Gasteiger partial charge in [-0.25, -0.2) is 4.98 Å². The summed E-state index contributed by atoms with van der Waals surface area (Å²) in [6.45, 7) is 0. The van der Waals surface area contributed by atoms with Crippen LogP contribution in [0.15, 0.2) is 42.9 Å². The number of fused-ring (bicyclic) bond motifs is 2. The second-order valence-corrected chi connectivity index (χ2v) is 7.36. The normalized spacial score (nSPS) is 27.6. The van der Waals surface area contributed by atoms with Gasteiger partial charge in [0.2, 0.25) is 5.88 Å². The molecule has 2 unspecified atom stereocenters. The van der Waals surface area contributed by atoms with Crippen LogP contribution in [0, 0.1) is 11.8 Å². The molecule has 0 aliphatic heterocycles. The second-order valence-electron chi connectivity index (χ2n) is 7.36. The number of ether oxygens (including phenoxy) is 1. The van der Waals surface area contributed by atoms with Crippen molar-refractivity contribution in [2.24, 2.45) is 17.6 Å². The van der Waals surface area contributed by atoms with Gasteiger partial charge in [0.05, 0.1) is 6.20 Å². The van der Waals surface area contributed by atoms with E-state index in [1.165, 1.54) is 6.42 Å². The summed E-state index contributed by atoms with van der Waals surface area (Å²) in [6, 6.07) is 7.69. The van der Waals surface area contributed by atoms with E-state index in [2.05, 4.69) is 15.3 Å². The Bertz CT molecular complexity index is 753. The lowest BCUT2D eigenvalue weighted by Gasteiger charge is -2.45. The van der Waals surface area contributed by atoms with E-state index < -0.39 is 0 Å². The fourth-order valence-corrected chi connectivity index (χ4v) is 4.42. The lowest BCUT2D eigenvalue weighted by atomic mass is 9.67. The van der Waals surface area contributed by atoms with Crippen molar-refractivity contribution in [2.75, 3.05) is 0 Å². The third kappa shape index (κ3) is 3.70. The molecule has 0 radical (unpaired) electrons. The molecule has 0 saturated heterocycles. The Kier molecular flexibility index (Phi) is 4.84. The highest BCUT2D eigenvalue weighted by Crippen LogP contribution is 2.39. The molecule has 1 aromatic heterocycles. The van der Waals surface area contributed by atoms with E-state index in [1.54, 1.807) is 30.7 Å². The number of benzene rings is 1. The summed E-state index contributed by atoms with van der Waals surface area (Å²) in [4.78, 5) is 20.9. The van der Waals surface area contributed by atoms with Crippen LogP contribution in [-0.2, 0) is 0 Å². The summed E-state index contributed by atoms with van der Waals surface area (Å²) >= 11 is 0. The zero-order chi connectivity index (χ0) is 17.9. The Morgan fingerprint density at radius 1 is 1.19 bits per heavy atom. The Balaban J connectivity index is 1.46. The number of hydrogen-bond acceptors (Lipinski definition) is 5. The van der Waals surface area contributed by atoms with Gasteiger partial charge >= 0.3 is 0 Å². The molecule has 2 fully saturated rings. The first-order valence-corrected chi connectivity index (χ1v) is 9.29. The molecule has 2 atom stereocenters. The Hall–Kier alpha value is -2.47. The molecule has 6 nitrogen and oxygen atoms in total. The minimum absolute atomic E-state index is 0.0491. The van der Waals surface area contributed by atoms with E-state index in [0.717, 1.165) is 25.7 Å². The van der Waals surface area contributed by atoms with E-state index >= 15 is 0 Å². The average molecular weight is 352 g/mol. The van der Waals surface area contributed by atoms with Crippen LogP contribution in [0.3, 0.4) is 0 Å². The molecule has 3 N–H and O–H groups in total. The van der Waals surface area contributed by atoms with Crippen LogP contribution in [0.2, 0.25) is 0 Å². The van der Waals surface area contributed by atoms with Crippen LogP contribution < -0.4 is 15.8 Å². The van der Waals surface area contributed by atoms with Gasteiger partial charge in [0.15, 0.2) is 0 Å². The maximum atomic E-state index is 12.8. The molecule has 26 heavy (non-hydrogen) atoms. The number of aromatic nitrogens is 2. The molecular formula is C20H24N4O2. The summed E-state index contributed by atoms with van der Waals surface area (Å²) in [5.74, 6) is 1.93. The number of hydrogen-bond donors (Lipinski definition) is 2. The molecule has 6 heteroatoms. The molecule has 2 bridgehead atoms. The Morgan fingerprint density at radius 2 is 2.00 bits per heavy atom. The lowest BCUT2D eigenvalue weighted by molar-refractivity contribution is 0.0756. The molecule has 0 spiro atoms. The lowest BCUT2D eigenvalue weighted by Crippen LogP contribution is -2.53. The quantitative estimate of drug-likeness (QED) is 0.883. The van der Waals surface area contributed by atoms with Crippen LogP contribution in [0.5, 0.6) is 11.6 Å². The molecule has 2 aliphatic rings. The maximum Gasteiger partial charge on any atom is 0.251 e. The van der Waals surface area contributed by atoms with Crippen molar-refractivity contribution in [3.05, 3.63) is 48.4 Å². The van der Waals surface area contributed by atoms with Crippen LogP contribution >= 0.6 is 0 Å². The van der Waals surface area contributed by atoms with E-state index in [0.29, 0.717) is 29.0 Å². The summed E-state index contributed by atoms with van der Waals surface area (Å²) < 4.78 is 5.68. The smallest absolute Gasteiger partial charge is 0.251 e. The Morgan fingerprint density at radius 3 is 2.73 bits per heavy atom. The molecule has 1 heterocycles. The van der Waals surface area contributed by atoms with E-state index in [1.807, 2.05) is 12.1 Å². The zero-order valence-corrected chi connectivity index (χ0v) is 14.7. The molecule has 4 rings (SSSR count). The van der Waals surface area contributed by atoms with Gasteiger partial charge in [-0.2, -0.15) is 0 Å². The van der Waals surface area contributed by atoms with Crippen molar-refractivity contribution >= 4 is 5.91 Å². The van der Waals surface area contributed by atoms with Gasteiger partial charge in [-0.3, -0.25) is 9.78 Å². The predicted molar refractivity (Wildman–Crippen MR) is 97.8 cm³/mol. The number of carbonyl (C=O) groups excluding carboxylic acids is 1. The number of nitrogens with zero attached hydrogens (tertiary/aromatic N) is 2. The van der Waals surface area contributed by atoms with Crippen molar-refractivity contribution < 1.29 is 9.53 Å². The van der Waals surface area contributed by atoms with Gasteiger partial charge in [0, 0.05) is 30.0 Å². The van der Waals surface area contributed by atoms with E-state index in [4.69, 9.17) is 10.5 Å². The first-order valence-electron chi connectivity index (χ1n) is 9.29. The first-order chi connectivity index (χ1) is 12.7. The van der Waals surface area contributed by atoms with Crippen molar-refractivity contribution in [3.63, 3.8) is 0 Å². The molecule has 136 valence electrons. The SMILES string of the molecule is NC1CC2CCCC(C1)C2NC(=O)c1cccc(Oc2cnccn2)c1. The number of nitrogens with one attached hydrogen (secondary N) is 1. The Labute approximate surface area is 153 Å². The third-order valence-electron chi connectivity index (χ3n) is 5.53. The minimum Gasteiger partial charge on any atom is -0.437 e. The average Bonchev–Trinajstić information content (AvgIpc) is 2.63. The monoisotopic (exact) mass is 352 g/mol. The second kappa shape index (κ2) is 7.41. The molecular weight excluding hydrogens is 328 g/mol. The van der Waals surface area contributed by atoms with Crippen LogP contribution in [0.25, 0.3) is 0 Å². The highest BCUT2D eigenvalue weighted by molar-refractivity contribution is 5.94. The van der Waals surface area contributed by atoms with Gasteiger partial charge in [-0.05, 0) is 55.7 Å². The largest absolute Gasteiger partial charge is 0.437 e. The van der Waals surface area contributed by atoms with Crippen LogP contribution in [0.4, 0.5) is 0 Å². The van der Waals surface area contributed by atoms with E-state index in [-0.39, 0.29) is 18.0 Å². The van der Waals surface area contributed by atoms with Crippen LogP contribution in [0.1, 0.15) is 42.5 Å². The molecule has 2 aromatic rings. The van der Waals surface area contributed by atoms with Gasteiger partial charge in [0.25, 0.3) is 5.91 Å². The van der Waals surface area contributed by atoms with Crippen molar-refractivity contribution in [1.29, 1.82) is 0 Å². The topological polar surface area (TPSA) is 90.1 Å².